The molecule has 0 saturated carbocycles. The van der Waals surface area contributed by atoms with Gasteiger partial charge in [-0.15, -0.1) is 0 Å². The van der Waals surface area contributed by atoms with Gasteiger partial charge < -0.3 is 0 Å². The van der Waals surface area contributed by atoms with Gasteiger partial charge in [0.2, 0.25) is 0 Å². The number of rotatable bonds is 4. The third-order valence-electron chi connectivity index (χ3n) is 3.69. The molecule has 0 spiro atoms. The van der Waals surface area contributed by atoms with Crippen molar-refractivity contribution in [2.75, 3.05) is 5.01 Å². The number of anilines is 1. The van der Waals surface area contributed by atoms with Gasteiger partial charge in [-0.2, -0.15) is 15.2 Å². The van der Waals surface area contributed by atoms with Crippen molar-refractivity contribution < 1.29 is 9.59 Å². The highest BCUT2D eigenvalue weighted by Gasteiger charge is 2.33. The van der Waals surface area contributed by atoms with E-state index in [-0.39, 0.29) is 11.8 Å². The predicted molar refractivity (Wildman–Crippen MR) is 101 cm³/mol. The van der Waals surface area contributed by atoms with E-state index < -0.39 is 5.92 Å². The molecule has 0 fully saturated rings. The van der Waals surface area contributed by atoms with Crippen LogP contribution in [-0.4, -0.2) is 23.7 Å². The lowest BCUT2D eigenvalue weighted by molar-refractivity contribution is -0.118. The SMILES string of the molecule is CC1=NN(c2ccccc2)C(=O)[C@H]1/C=N\NC(=O)c1ccccc1Br. The first-order valence-corrected chi connectivity index (χ1v) is 8.39. The third-order valence-corrected chi connectivity index (χ3v) is 4.38. The quantitative estimate of drug-likeness (QED) is 0.634. The largest absolute Gasteiger partial charge is 0.272 e. The molecule has 1 N–H and O–H groups in total. The minimum absolute atomic E-state index is 0.206. The summed E-state index contributed by atoms with van der Waals surface area (Å²) in [6.45, 7) is 1.76. The monoisotopic (exact) mass is 398 g/mol. The molecule has 1 aliphatic heterocycles. The van der Waals surface area contributed by atoms with Gasteiger partial charge in [0.05, 0.1) is 17.0 Å². The fourth-order valence-corrected chi connectivity index (χ4v) is 2.85. The van der Waals surface area contributed by atoms with Gasteiger partial charge in [0.25, 0.3) is 11.8 Å². The van der Waals surface area contributed by atoms with Crippen molar-refractivity contribution >= 4 is 45.4 Å². The number of carbonyl (C=O) groups excluding carboxylic acids is 2. The van der Waals surface area contributed by atoms with E-state index in [0.29, 0.717) is 21.4 Å². The summed E-state index contributed by atoms with van der Waals surface area (Å²) in [4.78, 5) is 24.6. The molecule has 0 unspecified atom stereocenters. The Kier molecular flexibility index (Phi) is 5.04. The number of hydrogen-bond acceptors (Lipinski definition) is 4. The second-order valence-electron chi connectivity index (χ2n) is 5.40. The highest BCUT2D eigenvalue weighted by molar-refractivity contribution is 9.10. The summed E-state index contributed by atoms with van der Waals surface area (Å²) in [7, 11) is 0. The van der Waals surface area contributed by atoms with Gasteiger partial charge in [-0.3, -0.25) is 9.59 Å². The zero-order valence-electron chi connectivity index (χ0n) is 13.4. The summed E-state index contributed by atoms with van der Waals surface area (Å²) in [6, 6.07) is 16.2. The number of carbonyl (C=O) groups is 2. The van der Waals surface area contributed by atoms with Crippen molar-refractivity contribution in [1.82, 2.24) is 5.43 Å². The van der Waals surface area contributed by atoms with E-state index in [1.807, 2.05) is 36.4 Å². The van der Waals surface area contributed by atoms with Crippen molar-refractivity contribution in [3.8, 4) is 0 Å². The van der Waals surface area contributed by atoms with E-state index in [1.54, 1.807) is 25.1 Å². The lowest BCUT2D eigenvalue weighted by Gasteiger charge is -2.12. The highest BCUT2D eigenvalue weighted by atomic mass is 79.9. The van der Waals surface area contributed by atoms with Crippen molar-refractivity contribution in [3.63, 3.8) is 0 Å². The average molecular weight is 399 g/mol. The Balaban J connectivity index is 1.68. The molecule has 1 atom stereocenters. The molecule has 25 heavy (non-hydrogen) atoms. The van der Waals surface area contributed by atoms with Gasteiger partial charge in [0.1, 0.15) is 5.92 Å². The zero-order chi connectivity index (χ0) is 17.8. The van der Waals surface area contributed by atoms with Crippen LogP contribution in [0.4, 0.5) is 5.69 Å². The molecule has 126 valence electrons. The van der Waals surface area contributed by atoms with E-state index in [4.69, 9.17) is 0 Å². The molecular weight excluding hydrogens is 384 g/mol. The lowest BCUT2D eigenvalue weighted by atomic mass is 10.1. The van der Waals surface area contributed by atoms with Crippen LogP contribution in [0.3, 0.4) is 0 Å². The molecule has 0 bridgehead atoms. The maximum atomic E-state index is 12.5. The van der Waals surface area contributed by atoms with Gasteiger partial charge in [-0.05, 0) is 47.1 Å². The Hall–Kier alpha value is -2.80. The molecule has 3 rings (SSSR count). The van der Waals surface area contributed by atoms with Crippen LogP contribution in [0.5, 0.6) is 0 Å². The number of benzene rings is 2. The van der Waals surface area contributed by atoms with Crippen LogP contribution in [0.2, 0.25) is 0 Å². The predicted octanol–water partition coefficient (Wildman–Crippen LogP) is 3.20. The summed E-state index contributed by atoms with van der Waals surface area (Å²) < 4.78 is 0.674. The summed E-state index contributed by atoms with van der Waals surface area (Å²) in [5.74, 6) is -1.16. The molecule has 2 aromatic carbocycles. The van der Waals surface area contributed by atoms with E-state index in [0.717, 1.165) is 0 Å². The minimum Gasteiger partial charge on any atom is -0.271 e. The van der Waals surface area contributed by atoms with Crippen molar-refractivity contribution in [2.45, 2.75) is 6.92 Å². The van der Waals surface area contributed by atoms with E-state index in [2.05, 4.69) is 31.6 Å². The fourth-order valence-electron chi connectivity index (χ4n) is 2.38. The Morgan fingerprint density at radius 2 is 1.88 bits per heavy atom. The zero-order valence-corrected chi connectivity index (χ0v) is 15.0. The third kappa shape index (κ3) is 3.66. The second kappa shape index (κ2) is 7.40. The fraction of sp³-hybridized carbons (Fsp3) is 0.111. The van der Waals surface area contributed by atoms with Gasteiger partial charge in [0.15, 0.2) is 0 Å². The molecule has 0 aliphatic carbocycles. The second-order valence-corrected chi connectivity index (χ2v) is 6.26. The Bertz CT molecular complexity index is 864. The van der Waals surface area contributed by atoms with Gasteiger partial charge in [0, 0.05) is 10.7 Å². The molecule has 0 radical (unpaired) electrons. The van der Waals surface area contributed by atoms with Crippen LogP contribution >= 0.6 is 15.9 Å². The molecule has 6 nitrogen and oxygen atoms in total. The van der Waals surface area contributed by atoms with Crippen molar-refractivity contribution in [1.29, 1.82) is 0 Å². The van der Waals surface area contributed by atoms with Gasteiger partial charge >= 0.3 is 0 Å². The maximum absolute atomic E-state index is 12.5. The summed E-state index contributed by atoms with van der Waals surface area (Å²) in [5.41, 5.74) is 4.22. The van der Waals surface area contributed by atoms with Crippen molar-refractivity contribution in [3.05, 3.63) is 64.6 Å². The molecule has 0 saturated heterocycles. The lowest BCUT2D eigenvalue weighted by Crippen LogP contribution is -2.29. The molecular formula is C18H15BrN4O2. The summed E-state index contributed by atoms with van der Waals surface area (Å²) >= 11 is 3.32. The molecule has 2 aromatic rings. The number of nitrogens with zero attached hydrogens (tertiary/aromatic N) is 3. The molecule has 0 aromatic heterocycles. The first-order chi connectivity index (χ1) is 12.1. The van der Waals surface area contributed by atoms with Crippen LogP contribution in [0.25, 0.3) is 0 Å². The number of para-hydroxylation sites is 1. The Morgan fingerprint density at radius 1 is 1.20 bits per heavy atom. The van der Waals surface area contributed by atoms with E-state index >= 15 is 0 Å². The first-order valence-electron chi connectivity index (χ1n) is 7.60. The molecule has 1 aliphatic rings. The Labute approximate surface area is 153 Å². The maximum Gasteiger partial charge on any atom is 0.272 e. The standard InChI is InChI=1S/C18H15BrN4O2/c1-12-15(18(25)23(22-12)13-7-3-2-4-8-13)11-20-21-17(24)14-9-5-6-10-16(14)19/h2-11,15H,1H3,(H,21,24)/b20-11-/t15-/m0/s1. The number of hydrazone groups is 2. The Morgan fingerprint density at radius 3 is 2.60 bits per heavy atom. The molecule has 2 amide bonds. The number of halogens is 1. The van der Waals surface area contributed by atoms with Gasteiger partial charge in [-0.1, -0.05) is 30.3 Å². The first kappa shape index (κ1) is 17.0. The smallest absolute Gasteiger partial charge is 0.271 e. The van der Waals surface area contributed by atoms with E-state index in [1.165, 1.54) is 11.2 Å². The van der Waals surface area contributed by atoms with Crippen LogP contribution in [-0.2, 0) is 4.79 Å². The molecule has 7 heteroatoms. The topological polar surface area (TPSA) is 74.1 Å². The highest BCUT2D eigenvalue weighted by Crippen LogP contribution is 2.22. The number of nitrogens with one attached hydrogen (secondary N) is 1. The van der Waals surface area contributed by atoms with E-state index in [9.17, 15) is 9.59 Å². The van der Waals surface area contributed by atoms with Crippen LogP contribution in [0, 0.1) is 5.92 Å². The van der Waals surface area contributed by atoms with Gasteiger partial charge in [-0.25, -0.2) is 5.43 Å². The molecule has 1 heterocycles. The normalized spacial score (nSPS) is 17.0. The summed E-state index contributed by atoms with van der Waals surface area (Å²) in [6.07, 6.45) is 1.40. The van der Waals surface area contributed by atoms with Crippen LogP contribution in [0.1, 0.15) is 17.3 Å². The van der Waals surface area contributed by atoms with Crippen LogP contribution in [0.15, 0.2) is 69.3 Å². The summed E-state index contributed by atoms with van der Waals surface area (Å²) in [5, 5.41) is 9.56. The average Bonchev–Trinajstić information content (AvgIpc) is 2.91. The number of hydrogen-bond donors (Lipinski definition) is 1. The minimum atomic E-state index is -0.597. The number of amides is 2. The van der Waals surface area contributed by atoms with Crippen LogP contribution < -0.4 is 10.4 Å². The van der Waals surface area contributed by atoms with Crippen molar-refractivity contribution in [2.24, 2.45) is 16.1 Å².